The summed E-state index contributed by atoms with van der Waals surface area (Å²) >= 11 is 0. The molecule has 4 aromatic rings. The van der Waals surface area contributed by atoms with Gasteiger partial charge in [0.25, 0.3) is 0 Å². The van der Waals surface area contributed by atoms with Gasteiger partial charge in [0.15, 0.2) is 5.78 Å². The number of benzene rings is 3. The number of aromatic carboxylic acids is 1. The quantitative estimate of drug-likeness (QED) is 0.564. The van der Waals surface area contributed by atoms with Crippen molar-refractivity contribution in [3.63, 3.8) is 0 Å². The summed E-state index contributed by atoms with van der Waals surface area (Å²) in [5, 5.41) is 11.0. The second-order valence-corrected chi connectivity index (χ2v) is 5.49. The third kappa shape index (κ3) is 2.16. The highest BCUT2D eigenvalue weighted by molar-refractivity contribution is 6.16. The Balaban J connectivity index is 1.89. The van der Waals surface area contributed by atoms with Gasteiger partial charge in [-0.3, -0.25) is 4.79 Å². The van der Waals surface area contributed by atoms with E-state index in [1.54, 1.807) is 30.3 Å². The summed E-state index contributed by atoms with van der Waals surface area (Å²) < 4.78 is 5.75. The molecule has 4 rings (SSSR count). The van der Waals surface area contributed by atoms with Crippen LogP contribution in [0.15, 0.2) is 71.1 Å². The minimum absolute atomic E-state index is 0.000325. The SMILES string of the molecule is O=C(O)c1ccccc1C(=O)c1ccc2oc3ccccc3c2c1. The van der Waals surface area contributed by atoms with E-state index < -0.39 is 5.97 Å². The number of carboxylic acids is 1. The van der Waals surface area contributed by atoms with E-state index in [1.807, 2.05) is 24.3 Å². The van der Waals surface area contributed by atoms with Crippen molar-refractivity contribution in [3.8, 4) is 0 Å². The number of fused-ring (bicyclic) bond motifs is 3. The maximum atomic E-state index is 12.8. The van der Waals surface area contributed by atoms with Crippen LogP contribution in [0.3, 0.4) is 0 Å². The highest BCUT2D eigenvalue weighted by atomic mass is 16.4. The molecule has 0 fully saturated rings. The fourth-order valence-corrected chi connectivity index (χ4v) is 2.89. The maximum Gasteiger partial charge on any atom is 0.336 e. The van der Waals surface area contributed by atoms with E-state index in [-0.39, 0.29) is 16.9 Å². The van der Waals surface area contributed by atoms with Crippen molar-refractivity contribution in [2.75, 3.05) is 0 Å². The van der Waals surface area contributed by atoms with Gasteiger partial charge in [0.1, 0.15) is 11.2 Å². The summed E-state index contributed by atoms with van der Waals surface area (Å²) in [6.07, 6.45) is 0. The van der Waals surface area contributed by atoms with E-state index >= 15 is 0 Å². The van der Waals surface area contributed by atoms with E-state index in [0.717, 1.165) is 16.4 Å². The molecule has 0 saturated carbocycles. The van der Waals surface area contributed by atoms with E-state index in [2.05, 4.69) is 0 Å². The van der Waals surface area contributed by atoms with Crippen molar-refractivity contribution in [2.24, 2.45) is 0 Å². The van der Waals surface area contributed by atoms with Gasteiger partial charge >= 0.3 is 5.97 Å². The van der Waals surface area contributed by atoms with Gasteiger partial charge in [-0.05, 0) is 30.3 Å². The van der Waals surface area contributed by atoms with Crippen LogP contribution in [-0.2, 0) is 0 Å². The molecule has 0 unspecified atom stereocenters. The predicted molar refractivity (Wildman–Crippen MR) is 90.6 cm³/mol. The standard InChI is InChI=1S/C20H12O4/c21-19(14-6-1-2-7-15(14)20(22)23)12-9-10-18-16(11-12)13-5-3-4-8-17(13)24-18/h1-11H,(H,22,23). The Kier molecular flexibility index (Phi) is 3.17. The van der Waals surface area contributed by atoms with Crippen molar-refractivity contribution in [2.45, 2.75) is 0 Å². The topological polar surface area (TPSA) is 67.5 Å². The third-order valence-corrected chi connectivity index (χ3v) is 4.04. The Bertz CT molecular complexity index is 1100. The summed E-state index contributed by atoms with van der Waals surface area (Å²) in [4.78, 5) is 24.1. The Labute approximate surface area is 136 Å². The minimum atomic E-state index is -1.12. The van der Waals surface area contributed by atoms with Crippen LogP contribution in [0, 0.1) is 0 Å². The number of hydrogen-bond donors (Lipinski definition) is 1. The molecule has 1 heterocycles. The number of hydrogen-bond acceptors (Lipinski definition) is 3. The normalized spacial score (nSPS) is 11.0. The Hall–Kier alpha value is -3.40. The third-order valence-electron chi connectivity index (χ3n) is 4.04. The lowest BCUT2D eigenvalue weighted by Crippen LogP contribution is -2.09. The molecule has 0 aliphatic heterocycles. The molecular weight excluding hydrogens is 304 g/mol. The lowest BCUT2D eigenvalue weighted by atomic mass is 9.97. The fourth-order valence-electron chi connectivity index (χ4n) is 2.89. The molecule has 0 amide bonds. The summed E-state index contributed by atoms with van der Waals surface area (Å²) in [5.74, 6) is -1.44. The molecule has 0 bridgehead atoms. The van der Waals surface area contributed by atoms with Crippen LogP contribution in [0.2, 0.25) is 0 Å². The first kappa shape index (κ1) is 14.2. The molecule has 3 aromatic carbocycles. The molecule has 0 spiro atoms. The molecule has 24 heavy (non-hydrogen) atoms. The fraction of sp³-hybridized carbons (Fsp3) is 0. The molecular formula is C20H12O4. The molecule has 0 atom stereocenters. The van der Waals surface area contributed by atoms with Gasteiger partial charge in [-0.25, -0.2) is 4.79 Å². The molecule has 0 saturated heterocycles. The molecule has 116 valence electrons. The first-order valence-electron chi connectivity index (χ1n) is 7.43. The minimum Gasteiger partial charge on any atom is -0.478 e. The van der Waals surface area contributed by atoms with E-state index in [9.17, 15) is 14.7 Å². The molecule has 1 aromatic heterocycles. The van der Waals surface area contributed by atoms with Gasteiger partial charge in [-0.15, -0.1) is 0 Å². The lowest BCUT2D eigenvalue weighted by molar-refractivity contribution is 0.0693. The lowest BCUT2D eigenvalue weighted by Gasteiger charge is -2.05. The zero-order valence-electron chi connectivity index (χ0n) is 12.5. The summed E-state index contributed by atoms with van der Waals surface area (Å²) in [6, 6.07) is 19.0. The van der Waals surface area contributed by atoms with Crippen molar-refractivity contribution in [1.29, 1.82) is 0 Å². The van der Waals surface area contributed by atoms with E-state index in [4.69, 9.17) is 4.42 Å². The predicted octanol–water partition coefficient (Wildman–Crippen LogP) is 4.52. The molecule has 0 aliphatic carbocycles. The number of carboxylic acid groups (broad SMARTS) is 1. The summed E-state index contributed by atoms with van der Waals surface area (Å²) in [6.45, 7) is 0. The van der Waals surface area contributed by atoms with Crippen LogP contribution >= 0.6 is 0 Å². The van der Waals surface area contributed by atoms with Crippen molar-refractivity contribution >= 4 is 33.7 Å². The largest absolute Gasteiger partial charge is 0.478 e. The zero-order chi connectivity index (χ0) is 16.7. The Morgan fingerprint density at radius 2 is 1.42 bits per heavy atom. The number of furan rings is 1. The first-order chi connectivity index (χ1) is 11.6. The summed E-state index contributed by atoms with van der Waals surface area (Å²) in [5.41, 5.74) is 2.06. The first-order valence-corrected chi connectivity index (χ1v) is 7.43. The highest BCUT2D eigenvalue weighted by Crippen LogP contribution is 2.30. The van der Waals surface area contributed by atoms with Gasteiger partial charge < -0.3 is 9.52 Å². The van der Waals surface area contributed by atoms with Crippen LogP contribution in [-0.4, -0.2) is 16.9 Å². The smallest absolute Gasteiger partial charge is 0.336 e. The van der Waals surface area contributed by atoms with E-state index in [0.29, 0.717) is 11.1 Å². The average molecular weight is 316 g/mol. The molecule has 1 N–H and O–H groups in total. The second-order valence-electron chi connectivity index (χ2n) is 5.49. The Morgan fingerprint density at radius 1 is 0.750 bits per heavy atom. The zero-order valence-corrected chi connectivity index (χ0v) is 12.5. The number of carbonyl (C=O) groups excluding carboxylic acids is 1. The monoisotopic (exact) mass is 316 g/mol. The maximum absolute atomic E-state index is 12.8. The van der Waals surface area contributed by atoms with Crippen LogP contribution in [0.1, 0.15) is 26.3 Å². The Morgan fingerprint density at radius 3 is 2.21 bits per heavy atom. The van der Waals surface area contributed by atoms with Gasteiger partial charge in [0, 0.05) is 21.9 Å². The average Bonchev–Trinajstić information content (AvgIpc) is 2.99. The van der Waals surface area contributed by atoms with Gasteiger partial charge in [0.2, 0.25) is 0 Å². The van der Waals surface area contributed by atoms with Gasteiger partial charge in [-0.1, -0.05) is 36.4 Å². The number of ketones is 1. The highest BCUT2D eigenvalue weighted by Gasteiger charge is 2.18. The van der Waals surface area contributed by atoms with Gasteiger partial charge in [0.05, 0.1) is 5.56 Å². The number of carbonyl (C=O) groups is 2. The van der Waals surface area contributed by atoms with Crippen molar-refractivity contribution < 1.29 is 19.1 Å². The van der Waals surface area contributed by atoms with Crippen LogP contribution in [0.25, 0.3) is 21.9 Å². The van der Waals surface area contributed by atoms with Crippen molar-refractivity contribution in [1.82, 2.24) is 0 Å². The van der Waals surface area contributed by atoms with Crippen LogP contribution < -0.4 is 0 Å². The number of para-hydroxylation sites is 1. The second kappa shape index (κ2) is 5.35. The molecule has 4 nitrogen and oxygen atoms in total. The van der Waals surface area contributed by atoms with Crippen LogP contribution in [0.4, 0.5) is 0 Å². The summed E-state index contributed by atoms with van der Waals surface area (Å²) in [7, 11) is 0. The van der Waals surface area contributed by atoms with Crippen LogP contribution in [0.5, 0.6) is 0 Å². The molecule has 0 aliphatic rings. The molecule has 4 heteroatoms. The molecule has 0 radical (unpaired) electrons. The van der Waals surface area contributed by atoms with Crippen molar-refractivity contribution in [3.05, 3.63) is 83.4 Å². The van der Waals surface area contributed by atoms with E-state index in [1.165, 1.54) is 12.1 Å². The van der Waals surface area contributed by atoms with Gasteiger partial charge in [-0.2, -0.15) is 0 Å². The number of rotatable bonds is 3.